The number of thioether (sulfide) groups is 1. The highest BCUT2D eigenvalue weighted by atomic mass is 79.9. The largest absolute Gasteiger partial charge is 0.336 e. The summed E-state index contributed by atoms with van der Waals surface area (Å²) in [7, 11) is 0. The number of anilines is 1. The Morgan fingerprint density at radius 3 is 2.60 bits per heavy atom. The highest BCUT2D eigenvalue weighted by Crippen LogP contribution is 2.22. The van der Waals surface area contributed by atoms with E-state index in [0.29, 0.717) is 11.0 Å². The number of hydrogen-bond donors (Lipinski definition) is 2. The molecule has 2 rings (SSSR count). The molecule has 1 aromatic carbocycles. The SMILES string of the molecule is Cc1nnc(S[C@@H](C)C(=O)Nc2ccc(Br)cc2)n1N. The predicted molar refractivity (Wildman–Crippen MR) is 83.0 cm³/mol. The van der Waals surface area contributed by atoms with E-state index in [1.165, 1.54) is 16.4 Å². The van der Waals surface area contributed by atoms with E-state index >= 15 is 0 Å². The number of aromatic nitrogens is 3. The van der Waals surface area contributed by atoms with Gasteiger partial charge in [0.05, 0.1) is 5.25 Å². The number of nitrogen functional groups attached to an aromatic ring is 1. The van der Waals surface area contributed by atoms with Gasteiger partial charge in [-0.15, -0.1) is 10.2 Å². The first-order valence-corrected chi connectivity index (χ1v) is 7.55. The summed E-state index contributed by atoms with van der Waals surface area (Å²) in [5, 5.41) is 10.8. The van der Waals surface area contributed by atoms with Crippen molar-refractivity contribution in [1.29, 1.82) is 0 Å². The van der Waals surface area contributed by atoms with Crippen LogP contribution in [0.2, 0.25) is 0 Å². The van der Waals surface area contributed by atoms with Gasteiger partial charge in [0.1, 0.15) is 5.82 Å². The number of carbonyl (C=O) groups excluding carboxylic acids is 1. The molecule has 8 heteroatoms. The van der Waals surface area contributed by atoms with Crippen molar-refractivity contribution in [3.05, 3.63) is 34.6 Å². The number of benzene rings is 1. The first-order valence-electron chi connectivity index (χ1n) is 5.87. The van der Waals surface area contributed by atoms with Gasteiger partial charge in [0.25, 0.3) is 0 Å². The van der Waals surface area contributed by atoms with E-state index in [1.54, 1.807) is 13.8 Å². The fraction of sp³-hybridized carbons (Fsp3) is 0.250. The molecule has 1 heterocycles. The maximum Gasteiger partial charge on any atom is 0.237 e. The molecule has 1 atom stereocenters. The summed E-state index contributed by atoms with van der Waals surface area (Å²) in [5.74, 6) is 6.25. The third-order valence-electron chi connectivity index (χ3n) is 2.60. The molecule has 0 radical (unpaired) electrons. The Bertz CT molecular complexity index is 613. The second-order valence-corrected chi connectivity index (χ2v) is 6.38. The van der Waals surface area contributed by atoms with Crippen LogP contribution in [0.5, 0.6) is 0 Å². The van der Waals surface area contributed by atoms with Crippen LogP contribution in [-0.4, -0.2) is 26.0 Å². The molecule has 0 unspecified atom stereocenters. The number of hydrogen-bond acceptors (Lipinski definition) is 5. The lowest BCUT2D eigenvalue weighted by molar-refractivity contribution is -0.115. The van der Waals surface area contributed by atoms with Gasteiger partial charge in [-0.05, 0) is 38.1 Å². The van der Waals surface area contributed by atoms with E-state index in [0.717, 1.165) is 10.2 Å². The lowest BCUT2D eigenvalue weighted by Gasteiger charge is -2.11. The van der Waals surface area contributed by atoms with Crippen LogP contribution in [0.1, 0.15) is 12.7 Å². The van der Waals surface area contributed by atoms with Gasteiger partial charge in [-0.2, -0.15) is 0 Å². The van der Waals surface area contributed by atoms with E-state index < -0.39 is 0 Å². The van der Waals surface area contributed by atoms with Crippen molar-refractivity contribution in [1.82, 2.24) is 14.9 Å². The fourth-order valence-corrected chi connectivity index (χ4v) is 2.50. The minimum atomic E-state index is -0.329. The summed E-state index contributed by atoms with van der Waals surface area (Å²) in [5.41, 5.74) is 0.746. The molecule has 0 aliphatic rings. The smallest absolute Gasteiger partial charge is 0.237 e. The van der Waals surface area contributed by atoms with Gasteiger partial charge in [-0.3, -0.25) is 4.79 Å². The van der Waals surface area contributed by atoms with E-state index in [4.69, 9.17) is 5.84 Å². The predicted octanol–water partition coefficient (Wildman–Crippen LogP) is 2.18. The molecule has 0 fully saturated rings. The van der Waals surface area contributed by atoms with E-state index in [1.807, 2.05) is 24.3 Å². The Hall–Kier alpha value is -1.54. The van der Waals surface area contributed by atoms with Crippen molar-refractivity contribution in [2.45, 2.75) is 24.3 Å². The summed E-state index contributed by atoms with van der Waals surface area (Å²) in [6, 6.07) is 7.39. The van der Waals surface area contributed by atoms with Crippen molar-refractivity contribution in [2.24, 2.45) is 0 Å². The van der Waals surface area contributed by atoms with Crippen LogP contribution in [-0.2, 0) is 4.79 Å². The normalized spacial score (nSPS) is 12.2. The Balaban J connectivity index is 1.98. The molecule has 6 nitrogen and oxygen atoms in total. The molecule has 0 bridgehead atoms. The van der Waals surface area contributed by atoms with Gasteiger partial charge in [0.15, 0.2) is 0 Å². The first kappa shape index (κ1) is 14.9. The monoisotopic (exact) mass is 355 g/mol. The molecule has 0 aliphatic carbocycles. The van der Waals surface area contributed by atoms with Crippen LogP contribution < -0.4 is 11.2 Å². The molecule has 0 saturated heterocycles. The third kappa shape index (κ3) is 3.51. The standard InChI is InChI=1S/C12H14BrN5OS/c1-7(20-12-17-16-8(2)18(12)14)11(19)15-10-5-3-9(13)4-6-10/h3-7H,14H2,1-2H3,(H,15,19)/t7-/m0/s1. The molecular formula is C12H14BrN5OS. The fourth-order valence-electron chi connectivity index (χ4n) is 1.42. The van der Waals surface area contributed by atoms with Crippen LogP contribution in [0.25, 0.3) is 0 Å². The molecular weight excluding hydrogens is 342 g/mol. The zero-order valence-electron chi connectivity index (χ0n) is 11.0. The van der Waals surface area contributed by atoms with Crippen LogP contribution in [0.15, 0.2) is 33.9 Å². The zero-order valence-corrected chi connectivity index (χ0v) is 13.4. The maximum absolute atomic E-state index is 12.1. The van der Waals surface area contributed by atoms with Crippen molar-refractivity contribution in [2.75, 3.05) is 11.2 Å². The van der Waals surface area contributed by atoms with Crippen LogP contribution in [0, 0.1) is 6.92 Å². The van der Waals surface area contributed by atoms with E-state index in [2.05, 4.69) is 31.4 Å². The molecule has 0 saturated carbocycles. The quantitative estimate of drug-likeness (QED) is 0.648. The Kier molecular flexibility index (Phi) is 4.66. The zero-order chi connectivity index (χ0) is 14.7. The van der Waals surface area contributed by atoms with Crippen molar-refractivity contribution < 1.29 is 4.79 Å². The van der Waals surface area contributed by atoms with E-state index in [-0.39, 0.29) is 11.2 Å². The van der Waals surface area contributed by atoms with Crippen LogP contribution in [0.4, 0.5) is 5.69 Å². The number of halogens is 1. The van der Waals surface area contributed by atoms with Crippen LogP contribution in [0.3, 0.4) is 0 Å². The Labute approximate surface area is 129 Å². The first-order chi connectivity index (χ1) is 9.47. The maximum atomic E-state index is 12.1. The van der Waals surface area contributed by atoms with Gasteiger partial charge in [-0.1, -0.05) is 27.7 Å². The number of nitrogens with zero attached hydrogens (tertiary/aromatic N) is 3. The van der Waals surface area contributed by atoms with Crippen molar-refractivity contribution in [3.63, 3.8) is 0 Å². The molecule has 1 amide bonds. The molecule has 106 valence electrons. The van der Waals surface area contributed by atoms with Gasteiger partial charge in [0.2, 0.25) is 11.1 Å². The molecule has 2 aromatic rings. The highest BCUT2D eigenvalue weighted by molar-refractivity contribution is 9.10. The van der Waals surface area contributed by atoms with Gasteiger partial charge in [-0.25, -0.2) is 4.68 Å². The molecule has 3 N–H and O–H groups in total. The lowest BCUT2D eigenvalue weighted by atomic mass is 10.3. The summed E-state index contributed by atoms with van der Waals surface area (Å²) in [6.45, 7) is 3.55. The number of amides is 1. The number of nitrogens with one attached hydrogen (secondary N) is 1. The number of nitrogens with two attached hydrogens (primary N) is 1. The summed E-state index contributed by atoms with van der Waals surface area (Å²) < 4.78 is 2.33. The van der Waals surface area contributed by atoms with Gasteiger partial charge >= 0.3 is 0 Å². The second-order valence-electron chi connectivity index (χ2n) is 4.16. The lowest BCUT2D eigenvalue weighted by Crippen LogP contribution is -2.23. The average Bonchev–Trinajstić information content (AvgIpc) is 2.73. The average molecular weight is 356 g/mol. The van der Waals surface area contributed by atoms with Gasteiger partial charge in [0, 0.05) is 10.2 Å². The number of aryl methyl sites for hydroxylation is 1. The van der Waals surface area contributed by atoms with E-state index in [9.17, 15) is 4.79 Å². The highest BCUT2D eigenvalue weighted by Gasteiger charge is 2.18. The molecule has 1 aromatic heterocycles. The van der Waals surface area contributed by atoms with Crippen molar-refractivity contribution >= 4 is 39.3 Å². The minimum Gasteiger partial charge on any atom is -0.336 e. The minimum absolute atomic E-state index is 0.113. The molecule has 0 spiro atoms. The summed E-state index contributed by atoms with van der Waals surface area (Å²) in [4.78, 5) is 12.1. The van der Waals surface area contributed by atoms with Crippen LogP contribution >= 0.6 is 27.7 Å². The van der Waals surface area contributed by atoms with Gasteiger partial charge < -0.3 is 11.2 Å². The summed E-state index contributed by atoms with van der Waals surface area (Å²) >= 11 is 4.61. The number of carbonyl (C=O) groups is 1. The number of rotatable bonds is 4. The van der Waals surface area contributed by atoms with Crippen molar-refractivity contribution in [3.8, 4) is 0 Å². The third-order valence-corrected chi connectivity index (χ3v) is 4.18. The molecule has 0 aliphatic heterocycles. The second kappa shape index (κ2) is 6.27. The molecule has 20 heavy (non-hydrogen) atoms. The summed E-state index contributed by atoms with van der Waals surface area (Å²) in [6.07, 6.45) is 0. The Morgan fingerprint density at radius 1 is 1.40 bits per heavy atom. The topological polar surface area (TPSA) is 85.8 Å². The Morgan fingerprint density at radius 2 is 2.05 bits per heavy atom.